The number of aromatic nitrogens is 3. The minimum atomic E-state index is -0.763. The fourth-order valence-electron chi connectivity index (χ4n) is 11.2. The molecule has 4 aromatic carbocycles. The Hall–Kier alpha value is -6.86. The molecule has 1 N–H and O–H groups in total. The van der Waals surface area contributed by atoms with E-state index in [1.165, 1.54) is 17.0 Å². The summed E-state index contributed by atoms with van der Waals surface area (Å²) in [6.45, 7) is 11.8. The van der Waals surface area contributed by atoms with Gasteiger partial charge in [-0.2, -0.15) is 5.10 Å². The summed E-state index contributed by atoms with van der Waals surface area (Å²) >= 11 is 7.26. The molecule has 0 radical (unpaired) electrons. The van der Waals surface area contributed by atoms with Gasteiger partial charge < -0.3 is 33.5 Å². The number of piperazine rings is 2. The van der Waals surface area contributed by atoms with E-state index in [0.717, 1.165) is 75.9 Å². The molecular weight excluding hydrogens is 981 g/mol. The van der Waals surface area contributed by atoms with Crippen molar-refractivity contribution < 1.29 is 42.6 Å². The Morgan fingerprint density at radius 1 is 0.813 bits per heavy atom. The highest BCUT2D eigenvalue weighted by Gasteiger charge is 2.40. The van der Waals surface area contributed by atoms with Crippen LogP contribution in [0.2, 0.25) is 5.02 Å². The van der Waals surface area contributed by atoms with Crippen LogP contribution in [0.1, 0.15) is 62.6 Å². The SMILES string of the molecule is Cc1nn(C)c(C)c1-c1c(Cl)ccc2c(CCCOc3cccc4cc(F)ccc34)c(C(=O)OCCN3CCN(C)CC3)n(CCN3CCN(C(=O)COc4cccc5c4CN(C4CCC(=O)NC4=O)C5=O)CC3)c12. The Morgan fingerprint density at radius 3 is 2.31 bits per heavy atom. The molecule has 0 spiro atoms. The summed E-state index contributed by atoms with van der Waals surface area (Å²) in [6, 6.07) is 18.5. The Labute approximate surface area is 440 Å². The van der Waals surface area contributed by atoms with Crippen molar-refractivity contribution in [3.63, 3.8) is 0 Å². The van der Waals surface area contributed by atoms with Crippen molar-refractivity contribution in [3.05, 3.63) is 111 Å². The molecule has 3 fully saturated rings. The molecule has 0 saturated carbocycles. The van der Waals surface area contributed by atoms with Crippen molar-refractivity contribution in [2.45, 2.75) is 58.7 Å². The van der Waals surface area contributed by atoms with Gasteiger partial charge in [0, 0.05) is 124 Å². The van der Waals surface area contributed by atoms with Gasteiger partial charge in [-0.1, -0.05) is 35.9 Å². The Kier molecular flexibility index (Phi) is 15.2. The van der Waals surface area contributed by atoms with E-state index in [1.807, 2.05) is 55.9 Å². The standard InChI is InChI=1S/C56H63ClFN9O8/c1-35-50(36(2)62(4)60-35)51-44(57)16-15-41-40(10-7-30-73-46-11-5-8-37-32-38(58)13-14-39(37)46)53(56(72)74-31-29-64-21-19-61(3)20-22-64)66(52(41)51)28-25-63-23-26-65(27-24-63)49(69)34-75-47-12-6-9-42-43(47)33-67(55(42)71)45-17-18-48(68)59-54(45)70/h5-6,8-9,11-16,32,45H,7,10,17-31,33-34H2,1-4H3,(H,59,68,70). The third-order valence-corrected chi connectivity index (χ3v) is 15.7. The molecule has 4 aliphatic heterocycles. The second kappa shape index (κ2) is 22.2. The van der Waals surface area contributed by atoms with Crippen LogP contribution in [-0.2, 0) is 45.7 Å². The molecule has 6 aromatic rings. The molecular formula is C56H63ClFN9O8. The van der Waals surface area contributed by atoms with Gasteiger partial charge >= 0.3 is 5.97 Å². The molecule has 2 aromatic heterocycles. The number of benzene rings is 4. The van der Waals surface area contributed by atoms with Gasteiger partial charge in [0.2, 0.25) is 11.8 Å². The fourth-order valence-corrected chi connectivity index (χ4v) is 11.4. The average molecular weight is 1040 g/mol. The maximum Gasteiger partial charge on any atom is 0.355 e. The number of nitrogens with one attached hydrogen (secondary N) is 1. The second-order valence-corrected chi connectivity index (χ2v) is 20.4. The summed E-state index contributed by atoms with van der Waals surface area (Å²) in [5, 5.41) is 10.1. The van der Waals surface area contributed by atoms with E-state index in [1.54, 1.807) is 29.2 Å². The number of nitrogens with zero attached hydrogens (tertiary/aromatic N) is 8. The van der Waals surface area contributed by atoms with E-state index in [-0.39, 0.29) is 56.1 Å². The zero-order chi connectivity index (χ0) is 52.5. The third-order valence-electron chi connectivity index (χ3n) is 15.4. The lowest BCUT2D eigenvalue weighted by atomic mass is 9.98. The number of ether oxygens (including phenoxy) is 3. The monoisotopic (exact) mass is 1040 g/mol. The maximum atomic E-state index is 14.9. The number of piperidine rings is 1. The summed E-state index contributed by atoms with van der Waals surface area (Å²) in [7, 11) is 4.02. The van der Waals surface area contributed by atoms with Crippen LogP contribution in [0, 0.1) is 19.7 Å². The van der Waals surface area contributed by atoms with E-state index < -0.39 is 17.9 Å². The van der Waals surface area contributed by atoms with Gasteiger partial charge in [-0.05, 0) is 93.6 Å². The van der Waals surface area contributed by atoms with Crippen molar-refractivity contribution in [2.75, 3.05) is 92.3 Å². The normalized spacial score (nSPS) is 17.8. The summed E-state index contributed by atoms with van der Waals surface area (Å²) < 4.78 is 36.8. The molecule has 75 heavy (non-hydrogen) atoms. The largest absolute Gasteiger partial charge is 0.493 e. The summed E-state index contributed by atoms with van der Waals surface area (Å²) in [5.74, 6) is -1.03. The van der Waals surface area contributed by atoms with Gasteiger partial charge in [0.15, 0.2) is 6.61 Å². The summed E-state index contributed by atoms with van der Waals surface area (Å²) in [5.41, 5.74) is 6.57. The Balaban J connectivity index is 0.878. The number of imide groups is 1. The Bertz CT molecular complexity index is 3190. The van der Waals surface area contributed by atoms with Gasteiger partial charge in [-0.25, -0.2) is 9.18 Å². The van der Waals surface area contributed by atoms with Crippen LogP contribution in [0.5, 0.6) is 11.5 Å². The van der Waals surface area contributed by atoms with Crippen LogP contribution in [-0.4, -0.2) is 167 Å². The molecule has 3 saturated heterocycles. The highest BCUT2D eigenvalue weighted by atomic mass is 35.5. The van der Waals surface area contributed by atoms with E-state index >= 15 is 0 Å². The molecule has 17 nitrogen and oxygen atoms in total. The summed E-state index contributed by atoms with van der Waals surface area (Å²) in [4.78, 5) is 76.6. The summed E-state index contributed by atoms with van der Waals surface area (Å²) in [6.07, 6.45) is 1.44. The highest BCUT2D eigenvalue weighted by Crippen LogP contribution is 2.43. The van der Waals surface area contributed by atoms with Crippen LogP contribution >= 0.6 is 11.6 Å². The molecule has 1 unspecified atom stereocenters. The minimum absolute atomic E-state index is 0.136. The molecule has 1 atom stereocenters. The van der Waals surface area contributed by atoms with Crippen LogP contribution in [0.25, 0.3) is 32.8 Å². The number of hydrogen-bond acceptors (Lipinski definition) is 12. The number of rotatable bonds is 17. The van der Waals surface area contributed by atoms with Crippen LogP contribution in [0.15, 0.2) is 66.7 Å². The molecule has 6 heterocycles. The number of esters is 1. The maximum absolute atomic E-state index is 14.9. The fraction of sp³-hybridized carbons (Fsp3) is 0.429. The topological polar surface area (TPSA) is 164 Å². The van der Waals surface area contributed by atoms with Crippen LogP contribution in [0.3, 0.4) is 0 Å². The van der Waals surface area contributed by atoms with Crippen molar-refractivity contribution in [1.29, 1.82) is 0 Å². The molecule has 4 amide bonds. The zero-order valence-electron chi connectivity index (χ0n) is 43.0. The second-order valence-electron chi connectivity index (χ2n) is 20.0. The minimum Gasteiger partial charge on any atom is -0.493 e. The number of carbonyl (C=O) groups excluding carboxylic acids is 5. The highest BCUT2D eigenvalue weighted by molar-refractivity contribution is 6.35. The third kappa shape index (κ3) is 10.7. The zero-order valence-corrected chi connectivity index (χ0v) is 43.7. The van der Waals surface area contributed by atoms with E-state index in [9.17, 15) is 28.4 Å². The number of halogens is 2. The van der Waals surface area contributed by atoms with Crippen molar-refractivity contribution >= 4 is 62.9 Å². The number of fused-ring (bicyclic) bond motifs is 3. The van der Waals surface area contributed by atoms with Crippen LogP contribution in [0.4, 0.5) is 4.39 Å². The van der Waals surface area contributed by atoms with Gasteiger partial charge in [0.1, 0.15) is 35.7 Å². The van der Waals surface area contributed by atoms with Gasteiger partial charge in [0.25, 0.3) is 11.8 Å². The lowest BCUT2D eigenvalue weighted by Crippen LogP contribution is -2.52. The molecule has 19 heteroatoms. The quantitative estimate of drug-likeness (QED) is 0.0645. The average Bonchev–Trinajstić information content (AvgIpc) is 4.00. The Morgan fingerprint density at radius 2 is 1.55 bits per heavy atom. The predicted octanol–water partition coefficient (Wildman–Crippen LogP) is 6.00. The van der Waals surface area contributed by atoms with E-state index in [0.29, 0.717) is 98.6 Å². The van der Waals surface area contributed by atoms with E-state index in [2.05, 4.69) is 31.6 Å². The lowest BCUT2D eigenvalue weighted by molar-refractivity contribution is -0.137. The predicted molar refractivity (Wildman–Crippen MR) is 282 cm³/mol. The molecule has 394 valence electrons. The van der Waals surface area contributed by atoms with Crippen molar-refractivity contribution in [2.24, 2.45) is 7.05 Å². The first-order valence-electron chi connectivity index (χ1n) is 25.9. The van der Waals surface area contributed by atoms with Gasteiger partial charge in [-0.3, -0.25) is 39.0 Å². The molecule has 0 aliphatic carbocycles. The number of hydrogen-bond donors (Lipinski definition) is 1. The number of aryl methyl sites for hydroxylation is 3. The molecule has 0 bridgehead atoms. The number of carbonyl (C=O) groups is 5. The lowest BCUT2D eigenvalue weighted by Gasteiger charge is -2.35. The molecule has 10 rings (SSSR count). The first-order chi connectivity index (χ1) is 36.2. The number of amides is 4. The van der Waals surface area contributed by atoms with Gasteiger partial charge in [0.05, 0.1) is 29.4 Å². The smallest absolute Gasteiger partial charge is 0.355 e. The van der Waals surface area contributed by atoms with Crippen molar-refractivity contribution in [1.82, 2.24) is 44.2 Å². The first-order valence-corrected chi connectivity index (χ1v) is 26.2. The first kappa shape index (κ1) is 51.6. The van der Waals surface area contributed by atoms with E-state index in [4.69, 9.17) is 30.9 Å². The van der Waals surface area contributed by atoms with Crippen molar-refractivity contribution in [3.8, 4) is 22.6 Å². The number of likely N-dealkylation sites (N-methyl/N-ethyl adjacent to an activating group) is 1. The van der Waals surface area contributed by atoms with Crippen LogP contribution < -0.4 is 14.8 Å². The van der Waals surface area contributed by atoms with Gasteiger partial charge in [-0.15, -0.1) is 0 Å². The molecule has 4 aliphatic rings.